The number of ether oxygens (including phenoxy) is 1. The molecular formula is C22H28BNO6. The average Bonchev–Trinajstić information content (AvgIpc) is 3.36. The number of likely N-dealkylation sites (tertiary alicyclic amines) is 1. The molecule has 2 aliphatic carbocycles. The molecule has 30 heavy (non-hydrogen) atoms. The number of amides is 1. The van der Waals surface area contributed by atoms with Crippen LogP contribution in [-0.2, 0) is 4.79 Å². The Bertz CT molecular complexity index is 863. The number of carbonyl (C=O) groups excluding carboxylic acids is 1. The van der Waals surface area contributed by atoms with E-state index in [1.807, 2.05) is 13.0 Å². The van der Waals surface area contributed by atoms with Gasteiger partial charge < -0.3 is 24.4 Å². The van der Waals surface area contributed by atoms with Gasteiger partial charge in [-0.05, 0) is 42.2 Å². The fraction of sp³-hybridized carbons (Fsp3) is 0.636. The minimum Gasteiger partial charge on any atom is -0.535 e. The number of rotatable bonds is 5. The summed E-state index contributed by atoms with van der Waals surface area (Å²) in [6.45, 7) is 3.00. The second kappa shape index (κ2) is 7.48. The van der Waals surface area contributed by atoms with Crippen molar-refractivity contribution in [1.29, 1.82) is 0 Å². The number of aromatic carboxylic acids is 1. The van der Waals surface area contributed by atoms with Crippen LogP contribution in [0.2, 0.25) is 5.82 Å². The van der Waals surface area contributed by atoms with E-state index in [1.54, 1.807) is 11.0 Å². The quantitative estimate of drug-likeness (QED) is 0.721. The summed E-state index contributed by atoms with van der Waals surface area (Å²) in [6, 6.07) is 3.55. The van der Waals surface area contributed by atoms with Crippen LogP contribution in [0.3, 0.4) is 0 Å². The van der Waals surface area contributed by atoms with Gasteiger partial charge in [-0.2, -0.15) is 0 Å². The Morgan fingerprint density at radius 1 is 1.23 bits per heavy atom. The molecule has 2 saturated carbocycles. The monoisotopic (exact) mass is 413 g/mol. The molecule has 2 N–H and O–H groups in total. The maximum absolute atomic E-state index is 12.5. The number of fused-ring (bicyclic) bond motifs is 3. The Balaban J connectivity index is 1.25. The second-order valence-electron chi connectivity index (χ2n) is 9.38. The third-order valence-electron chi connectivity index (χ3n) is 7.42. The summed E-state index contributed by atoms with van der Waals surface area (Å²) >= 11 is 0. The largest absolute Gasteiger partial charge is 0.535 e. The summed E-state index contributed by atoms with van der Waals surface area (Å²) in [6.07, 6.45) is 6.38. The van der Waals surface area contributed by atoms with E-state index in [2.05, 4.69) is 0 Å². The Morgan fingerprint density at radius 2 is 1.97 bits per heavy atom. The normalized spacial score (nSPS) is 28.1. The first-order valence-corrected chi connectivity index (χ1v) is 11.1. The van der Waals surface area contributed by atoms with Crippen LogP contribution in [0, 0.1) is 11.8 Å². The van der Waals surface area contributed by atoms with Crippen LogP contribution in [-0.4, -0.2) is 53.2 Å². The Kier molecular flexibility index (Phi) is 4.92. The van der Waals surface area contributed by atoms with Crippen molar-refractivity contribution in [2.24, 2.45) is 11.8 Å². The minimum absolute atomic E-state index is 0.0290. The predicted molar refractivity (Wildman–Crippen MR) is 110 cm³/mol. The van der Waals surface area contributed by atoms with Crippen molar-refractivity contribution < 1.29 is 29.1 Å². The number of nitrogens with zero attached hydrogens (tertiary/aromatic N) is 1. The third kappa shape index (κ3) is 3.35. The van der Waals surface area contributed by atoms with Crippen LogP contribution in [0.25, 0.3) is 0 Å². The van der Waals surface area contributed by atoms with Gasteiger partial charge in [0, 0.05) is 12.2 Å². The highest BCUT2D eigenvalue weighted by Gasteiger charge is 2.60. The van der Waals surface area contributed by atoms with Gasteiger partial charge in [0.05, 0.1) is 13.1 Å². The van der Waals surface area contributed by atoms with Crippen LogP contribution in [0.5, 0.6) is 11.5 Å². The Hall–Kier alpha value is -2.22. The maximum atomic E-state index is 12.5. The zero-order valence-corrected chi connectivity index (χ0v) is 17.3. The molecule has 8 heteroatoms. The summed E-state index contributed by atoms with van der Waals surface area (Å²) in [4.78, 5) is 26.3. The highest BCUT2D eigenvalue weighted by Crippen LogP contribution is 2.65. The molecular weight excluding hydrogens is 385 g/mol. The standard InChI is InChI=1S/C22H28BNO6/c1-12-18-15-7-8-16(19(22(26)27)21(15)30-23(28)20(12)18)29-14-10-24(11-14)17(25)9-13-5-3-2-4-6-13/h7-8,12-14,18,20,28H,2-6,9-11H2,1H3,(H,26,27). The SMILES string of the molecule is CC1C2B(O)Oc3c(ccc(OC4CN(C(=O)CC5CCCCC5)C4)c3C(=O)O)C12. The van der Waals surface area contributed by atoms with E-state index < -0.39 is 13.1 Å². The van der Waals surface area contributed by atoms with E-state index in [0.717, 1.165) is 18.4 Å². The first kappa shape index (κ1) is 19.7. The van der Waals surface area contributed by atoms with E-state index in [4.69, 9.17) is 9.39 Å². The summed E-state index contributed by atoms with van der Waals surface area (Å²) in [7, 11) is -0.984. The van der Waals surface area contributed by atoms with Gasteiger partial charge in [-0.3, -0.25) is 4.79 Å². The van der Waals surface area contributed by atoms with Gasteiger partial charge in [-0.15, -0.1) is 0 Å². The van der Waals surface area contributed by atoms with Gasteiger partial charge in [0.1, 0.15) is 23.2 Å². The Morgan fingerprint density at radius 3 is 2.67 bits per heavy atom. The fourth-order valence-electron chi connectivity index (χ4n) is 5.55. The summed E-state index contributed by atoms with van der Waals surface area (Å²) in [5.41, 5.74) is 0.802. The van der Waals surface area contributed by atoms with Crippen molar-refractivity contribution in [2.45, 2.75) is 63.3 Å². The molecule has 3 atom stereocenters. The fourth-order valence-corrected chi connectivity index (χ4v) is 5.55. The molecule has 1 saturated heterocycles. The van der Waals surface area contributed by atoms with Gasteiger partial charge in [0.15, 0.2) is 0 Å². The molecule has 1 aromatic rings. The molecule has 0 radical (unpaired) electrons. The van der Waals surface area contributed by atoms with Crippen molar-refractivity contribution >= 4 is 19.0 Å². The molecule has 0 bridgehead atoms. The van der Waals surface area contributed by atoms with Crippen molar-refractivity contribution in [3.63, 3.8) is 0 Å². The topological polar surface area (TPSA) is 96.3 Å². The molecule has 1 aromatic carbocycles. The molecule has 3 unspecified atom stereocenters. The summed E-state index contributed by atoms with van der Waals surface area (Å²) < 4.78 is 11.6. The third-order valence-corrected chi connectivity index (χ3v) is 7.42. The van der Waals surface area contributed by atoms with E-state index >= 15 is 0 Å². The highest BCUT2D eigenvalue weighted by molar-refractivity contribution is 6.48. The molecule has 0 aromatic heterocycles. The molecule has 4 aliphatic rings. The first-order chi connectivity index (χ1) is 14.4. The number of carbonyl (C=O) groups is 2. The zero-order valence-electron chi connectivity index (χ0n) is 17.3. The van der Waals surface area contributed by atoms with Gasteiger partial charge >= 0.3 is 13.1 Å². The van der Waals surface area contributed by atoms with Crippen LogP contribution in [0.1, 0.15) is 67.3 Å². The van der Waals surface area contributed by atoms with Gasteiger partial charge in [0.25, 0.3) is 0 Å². The van der Waals surface area contributed by atoms with Crippen LogP contribution < -0.4 is 9.39 Å². The highest BCUT2D eigenvalue weighted by atomic mass is 16.5. The minimum atomic E-state index is -1.13. The number of hydrogen-bond donors (Lipinski definition) is 2. The lowest BCUT2D eigenvalue weighted by molar-refractivity contribution is -0.141. The maximum Gasteiger partial charge on any atom is 0.526 e. The number of benzene rings is 1. The van der Waals surface area contributed by atoms with E-state index in [1.165, 1.54) is 19.3 Å². The van der Waals surface area contributed by atoms with Crippen molar-refractivity contribution in [3.05, 3.63) is 23.3 Å². The molecule has 5 rings (SSSR count). The molecule has 7 nitrogen and oxygen atoms in total. The van der Waals surface area contributed by atoms with E-state index in [9.17, 15) is 19.7 Å². The number of carboxylic acid groups (broad SMARTS) is 1. The summed E-state index contributed by atoms with van der Waals surface area (Å²) in [5, 5.41) is 20.0. The summed E-state index contributed by atoms with van der Waals surface area (Å²) in [5.74, 6) is 0.435. The van der Waals surface area contributed by atoms with Gasteiger partial charge in [-0.1, -0.05) is 32.3 Å². The molecule has 2 aliphatic heterocycles. The molecule has 2 heterocycles. The molecule has 1 amide bonds. The number of carboxylic acids is 1. The van der Waals surface area contributed by atoms with E-state index in [-0.39, 0.29) is 46.7 Å². The van der Waals surface area contributed by atoms with Crippen LogP contribution in [0.4, 0.5) is 0 Å². The van der Waals surface area contributed by atoms with Crippen molar-refractivity contribution in [3.8, 4) is 11.5 Å². The lowest BCUT2D eigenvalue weighted by atomic mass is 9.76. The molecule has 160 valence electrons. The number of hydrogen-bond acceptors (Lipinski definition) is 5. The van der Waals surface area contributed by atoms with Gasteiger partial charge in [0.2, 0.25) is 5.91 Å². The van der Waals surface area contributed by atoms with Crippen LogP contribution in [0.15, 0.2) is 12.1 Å². The van der Waals surface area contributed by atoms with Gasteiger partial charge in [-0.25, -0.2) is 4.79 Å². The molecule has 3 fully saturated rings. The lowest BCUT2D eigenvalue weighted by Crippen LogP contribution is -2.56. The van der Waals surface area contributed by atoms with Crippen molar-refractivity contribution in [1.82, 2.24) is 4.90 Å². The smallest absolute Gasteiger partial charge is 0.526 e. The lowest BCUT2D eigenvalue weighted by Gasteiger charge is -2.40. The zero-order chi connectivity index (χ0) is 21.0. The first-order valence-electron chi connectivity index (χ1n) is 11.1. The Labute approximate surface area is 176 Å². The average molecular weight is 413 g/mol. The van der Waals surface area contributed by atoms with E-state index in [0.29, 0.717) is 25.4 Å². The van der Waals surface area contributed by atoms with Crippen molar-refractivity contribution in [2.75, 3.05) is 13.1 Å². The predicted octanol–water partition coefficient (Wildman–Crippen LogP) is 2.92. The van der Waals surface area contributed by atoms with Crippen LogP contribution >= 0.6 is 0 Å². The second-order valence-corrected chi connectivity index (χ2v) is 9.38. The molecule has 0 spiro atoms.